The van der Waals surface area contributed by atoms with Crippen molar-refractivity contribution in [3.05, 3.63) is 46.2 Å². The fraction of sp³-hybridized carbons (Fsp3) is 0.214. The molecule has 1 aromatic heterocycles. The topological polar surface area (TPSA) is 12.9 Å². The Balaban J connectivity index is 2.28. The van der Waals surface area contributed by atoms with Crippen molar-refractivity contribution in [3.63, 3.8) is 0 Å². The molecule has 0 radical (unpaired) electrons. The van der Waals surface area contributed by atoms with Crippen LogP contribution < -0.4 is 0 Å². The molecule has 1 aliphatic carbocycles. The number of aromatic nitrogens is 1. The molecule has 19 heavy (non-hydrogen) atoms. The summed E-state index contributed by atoms with van der Waals surface area (Å²) in [4.78, 5) is 3.95. The van der Waals surface area contributed by atoms with Crippen molar-refractivity contribution in [3.8, 4) is 0 Å². The van der Waals surface area contributed by atoms with E-state index >= 15 is 0 Å². The van der Waals surface area contributed by atoms with Gasteiger partial charge in [-0.1, -0.05) is 23.7 Å². The van der Waals surface area contributed by atoms with E-state index in [4.69, 9.17) is 11.6 Å². The highest BCUT2D eigenvalue weighted by Gasteiger charge is 2.34. The van der Waals surface area contributed by atoms with Gasteiger partial charge in [0.15, 0.2) is 0 Å². The standard InChI is InChI=1S/C14H9ClF3N/c15-13-11-4-2-8-1-3-9(14(16,17)18)7-12(8)10(11)5-6-19-13/h2,4-7H,1,3H2. The van der Waals surface area contributed by atoms with Crippen LogP contribution in [0.15, 0.2) is 30.0 Å². The molecule has 0 fully saturated rings. The van der Waals surface area contributed by atoms with Gasteiger partial charge in [-0.15, -0.1) is 0 Å². The maximum Gasteiger partial charge on any atom is 0.412 e. The Hall–Kier alpha value is -1.55. The van der Waals surface area contributed by atoms with E-state index < -0.39 is 11.7 Å². The largest absolute Gasteiger partial charge is 0.412 e. The minimum atomic E-state index is -4.27. The molecule has 1 aromatic carbocycles. The molecule has 0 amide bonds. The van der Waals surface area contributed by atoms with Gasteiger partial charge in [0.1, 0.15) is 5.15 Å². The number of rotatable bonds is 0. The van der Waals surface area contributed by atoms with Crippen molar-refractivity contribution in [2.75, 3.05) is 0 Å². The normalized spacial score (nSPS) is 15.3. The molecule has 98 valence electrons. The second-order valence-corrected chi connectivity index (χ2v) is 4.86. The fourth-order valence-corrected chi connectivity index (χ4v) is 2.64. The van der Waals surface area contributed by atoms with Crippen LogP contribution in [-0.4, -0.2) is 11.2 Å². The van der Waals surface area contributed by atoms with E-state index in [1.54, 1.807) is 6.07 Å². The lowest BCUT2D eigenvalue weighted by Crippen LogP contribution is -2.15. The second kappa shape index (κ2) is 4.23. The Morgan fingerprint density at radius 3 is 2.58 bits per heavy atom. The maximum atomic E-state index is 12.8. The summed E-state index contributed by atoms with van der Waals surface area (Å²) in [7, 11) is 0. The van der Waals surface area contributed by atoms with Crippen LogP contribution in [0.1, 0.15) is 17.5 Å². The highest BCUT2D eigenvalue weighted by Crippen LogP contribution is 2.38. The van der Waals surface area contributed by atoms with Gasteiger partial charge in [-0.2, -0.15) is 13.2 Å². The van der Waals surface area contributed by atoms with Gasteiger partial charge in [-0.05, 0) is 41.5 Å². The van der Waals surface area contributed by atoms with Crippen LogP contribution in [0.2, 0.25) is 5.15 Å². The minimum absolute atomic E-state index is 0.0286. The van der Waals surface area contributed by atoms with Crippen molar-refractivity contribution >= 4 is 28.4 Å². The first-order valence-corrected chi connectivity index (χ1v) is 6.18. The van der Waals surface area contributed by atoms with Gasteiger partial charge in [-0.3, -0.25) is 0 Å². The molecule has 2 aromatic rings. The summed E-state index contributed by atoms with van der Waals surface area (Å²) in [5.74, 6) is 0. The van der Waals surface area contributed by atoms with E-state index in [1.807, 2.05) is 12.1 Å². The third-order valence-electron chi connectivity index (χ3n) is 3.38. The predicted molar refractivity (Wildman–Crippen MR) is 69.1 cm³/mol. The Kier molecular flexibility index (Phi) is 2.78. The van der Waals surface area contributed by atoms with Crippen LogP contribution in [-0.2, 0) is 6.42 Å². The molecule has 0 N–H and O–H groups in total. The number of fused-ring (bicyclic) bond motifs is 3. The molecule has 0 saturated heterocycles. The van der Waals surface area contributed by atoms with Gasteiger partial charge in [0.25, 0.3) is 0 Å². The highest BCUT2D eigenvalue weighted by atomic mass is 35.5. The van der Waals surface area contributed by atoms with Crippen LogP contribution in [0.5, 0.6) is 0 Å². The SMILES string of the molecule is FC(F)(F)C1=Cc2c(ccc3c(Cl)nccc23)CC1. The summed E-state index contributed by atoms with van der Waals surface area (Å²) in [6.07, 6.45) is -1.09. The molecular formula is C14H9ClF3N. The average molecular weight is 284 g/mol. The van der Waals surface area contributed by atoms with Crippen molar-refractivity contribution in [2.45, 2.75) is 19.0 Å². The second-order valence-electron chi connectivity index (χ2n) is 4.50. The summed E-state index contributed by atoms with van der Waals surface area (Å²) in [5, 5.41) is 1.72. The molecule has 0 unspecified atom stereocenters. The monoisotopic (exact) mass is 283 g/mol. The first-order chi connectivity index (χ1) is 8.97. The molecule has 1 aliphatic rings. The number of nitrogens with zero attached hydrogens (tertiary/aromatic N) is 1. The van der Waals surface area contributed by atoms with Crippen LogP contribution in [0.4, 0.5) is 13.2 Å². The van der Waals surface area contributed by atoms with Gasteiger partial charge in [0.2, 0.25) is 0 Å². The first-order valence-electron chi connectivity index (χ1n) is 5.80. The zero-order valence-electron chi connectivity index (χ0n) is 9.76. The molecule has 0 aliphatic heterocycles. The number of allylic oxidation sites excluding steroid dienone is 1. The van der Waals surface area contributed by atoms with Crippen LogP contribution in [0, 0.1) is 0 Å². The quantitative estimate of drug-likeness (QED) is 0.634. The summed E-state index contributed by atoms with van der Waals surface area (Å²) in [6, 6.07) is 5.35. The van der Waals surface area contributed by atoms with E-state index in [9.17, 15) is 13.2 Å². The van der Waals surface area contributed by atoms with Crippen molar-refractivity contribution in [1.29, 1.82) is 0 Å². The van der Waals surface area contributed by atoms with E-state index in [-0.39, 0.29) is 6.42 Å². The van der Waals surface area contributed by atoms with Gasteiger partial charge in [-0.25, -0.2) is 4.98 Å². The number of aryl methyl sites for hydroxylation is 1. The van der Waals surface area contributed by atoms with Crippen molar-refractivity contribution in [1.82, 2.24) is 4.98 Å². The summed E-state index contributed by atoms with van der Waals surface area (Å²) in [6.45, 7) is 0. The van der Waals surface area contributed by atoms with Crippen molar-refractivity contribution < 1.29 is 13.2 Å². The summed E-state index contributed by atoms with van der Waals surface area (Å²) < 4.78 is 38.4. The predicted octanol–water partition coefficient (Wildman–Crippen LogP) is 4.78. The molecule has 0 atom stereocenters. The van der Waals surface area contributed by atoms with Gasteiger partial charge in [0.05, 0.1) is 0 Å². The lowest BCUT2D eigenvalue weighted by molar-refractivity contribution is -0.0931. The molecule has 0 saturated carbocycles. The average Bonchev–Trinajstić information content (AvgIpc) is 2.37. The Morgan fingerprint density at radius 2 is 1.84 bits per heavy atom. The highest BCUT2D eigenvalue weighted by molar-refractivity contribution is 6.34. The lowest BCUT2D eigenvalue weighted by Gasteiger charge is -2.20. The Morgan fingerprint density at radius 1 is 1.05 bits per heavy atom. The van der Waals surface area contributed by atoms with Gasteiger partial charge < -0.3 is 0 Å². The number of alkyl halides is 3. The summed E-state index contributed by atoms with van der Waals surface area (Å²) in [5.41, 5.74) is 1.04. The molecule has 1 heterocycles. The molecule has 0 bridgehead atoms. The van der Waals surface area contributed by atoms with Crippen LogP contribution in [0.25, 0.3) is 16.8 Å². The smallest absolute Gasteiger partial charge is 0.244 e. The number of hydrogen-bond acceptors (Lipinski definition) is 1. The minimum Gasteiger partial charge on any atom is -0.244 e. The maximum absolute atomic E-state index is 12.8. The lowest BCUT2D eigenvalue weighted by atomic mass is 9.89. The van der Waals surface area contributed by atoms with Crippen LogP contribution >= 0.6 is 11.6 Å². The van der Waals surface area contributed by atoms with Crippen LogP contribution in [0.3, 0.4) is 0 Å². The number of halogens is 4. The molecular weight excluding hydrogens is 275 g/mol. The van der Waals surface area contributed by atoms with E-state index in [0.29, 0.717) is 22.5 Å². The summed E-state index contributed by atoms with van der Waals surface area (Å²) >= 11 is 5.97. The van der Waals surface area contributed by atoms with Gasteiger partial charge in [0, 0.05) is 17.2 Å². The van der Waals surface area contributed by atoms with E-state index in [1.165, 1.54) is 12.3 Å². The third-order valence-corrected chi connectivity index (χ3v) is 3.68. The molecule has 1 nitrogen and oxygen atoms in total. The first kappa shape index (κ1) is 12.5. The Bertz CT molecular complexity index is 689. The zero-order chi connectivity index (χ0) is 13.6. The number of hydrogen-bond donors (Lipinski definition) is 0. The van der Waals surface area contributed by atoms with Crippen molar-refractivity contribution in [2.24, 2.45) is 0 Å². The Labute approximate surface area is 112 Å². The molecule has 3 rings (SSSR count). The molecule has 5 heteroatoms. The zero-order valence-corrected chi connectivity index (χ0v) is 10.5. The number of benzene rings is 1. The van der Waals surface area contributed by atoms with Gasteiger partial charge >= 0.3 is 6.18 Å². The molecule has 0 spiro atoms. The number of pyridine rings is 1. The third kappa shape index (κ3) is 2.10. The van der Waals surface area contributed by atoms with E-state index in [0.717, 1.165) is 10.9 Å². The fourth-order valence-electron chi connectivity index (χ4n) is 2.42. The van der Waals surface area contributed by atoms with E-state index in [2.05, 4.69) is 4.98 Å².